The molecule has 1 aliphatic rings. The second kappa shape index (κ2) is 30.9. The monoisotopic (exact) mass is 1410 g/mol. The first-order valence-electron chi connectivity index (χ1n) is 38.6. The van der Waals surface area contributed by atoms with E-state index in [-0.39, 0.29) is 13.7 Å². The van der Waals surface area contributed by atoms with E-state index in [1.807, 2.05) is 31.1 Å². The van der Waals surface area contributed by atoms with Crippen LogP contribution in [0.15, 0.2) is 72.8 Å². The molecule has 0 spiro atoms. The molecule has 0 nitrogen and oxygen atoms in total. The van der Waals surface area contributed by atoms with E-state index in [0.29, 0.717) is 107 Å². The average Bonchev–Trinajstić information content (AvgIpc) is 1.50. The number of benzene rings is 6. The first kappa shape index (κ1) is 79.0. The minimum absolute atomic E-state index is 0.0690. The third-order valence-electron chi connectivity index (χ3n) is 22.0. The van der Waals surface area contributed by atoms with E-state index in [2.05, 4.69) is 322 Å². The van der Waals surface area contributed by atoms with Crippen molar-refractivity contribution in [2.75, 3.05) is 0 Å². The van der Waals surface area contributed by atoms with E-state index in [1.165, 1.54) is 33.4 Å². The topological polar surface area (TPSA) is 0 Å². The molecule has 1 aliphatic heterocycles. The van der Waals surface area contributed by atoms with Gasteiger partial charge in [-0.25, -0.2) is 0 Å². The van der Waals surface area contributed by atoms with E-state index in [4.69, 9.17) is 0 Å². The van der Waals surface area contributed by atoms with Crippen LogP contribution in [0.4, 0.5) is 0 Å². The van der Waals surface area contributed by atoms with Crippen LogP contribution in [0.2, 0.25) is 0 Å². The van der Waals surface area contributed by atoms with Crippen LogP contribution in [0.3, 0.4) is 0 Å². The van der Waals surface area contributed by atoms with Crippen LogP contribution in [0.25, 0.3) is 0 Å². The summed E-state index contributed by atoms with van der Waals surface area (Å²) in [5.41, 5.74) is 29.6. The minimum atomic E-state index is -3.43. The van der Waals surface area contributed by atoms with E-state index in [0.717, 1.165) is 0 Å². The van der Waals surface area contributed by atoms with Gasteiger partial charge < -0.3 is 0 Å². The molecule has 0 saturated heterocycles. The van der Waals surface area contributed by atoms with Crippen molar-refractivity contribution in [2.45, 2.75) is 356 Å². The Labute approximate surface area is 596 Å². The Kier molecular flexibility index (Phi) is 25.7. The average molecular weight is 1410 g/mol. The fourth-order valence-corrected chi connectivity index (χ4v) is 167. The third kappa shape index (κ3) is 14.9. The predicted octanol–water partition coefficient (Wildman–Crippen LogP) is 23.5. The Morgan fingerprint density at radius 1 is 0.179 bits per heavy atom. The molecule has 0 amide bonds. The fourth-order valence-electron chi connectivity index (χ4n) is 16.2. The number of rotatable bonds is 24. The van der Waals surface area contributed by atoms with Crippen molar-refractivity contribution >= 4 is 72.0 Å². The van der Waals surface area contributed by atoms with Crippen LogP contribution in [0.1, 0.15) is 456 Å². The van der Waals surface area contributed by atoms with Gasteiger partial charge in [-0.3, -0.25) is 0 Å². The van der Waals surface area contributed by atoms with Gasteiger partial charge in [0.05, 0.1) is 0 Å². The summed E-state index contributed by atoms with van der Waals surface area (Å²) in [6.07, 6.45) is -6.85. The zero-order valence-corrected chi connectivity index (χ0v) is 73.4. The van der Waals surface area contributed by atoms with E-state index < -0.39 is 27.2 Å². The van der Waals surface area contributed by atoms with Gasteiger partial charge in [0.25, 0.3) is 0 Å². The summed E-state index contributed by atoms with van der Waals surface area (Å²) < 4.78 is 0. The van der Waals surface area contributed by atoms with Gasteiger partial charge in [-0.15, -0.1) is 0 Å². The van der Waals surface area contributed by atoms with Gasteiger partial charge in [0.2, 0.25) is 0 Å². The molecule has 0 radical (unpaired) electrons. The molecule has 0 aromatic heterocycles. The molecular formula is C90H138SeSi4. The maximum absolute atomic E-state index is 3.43. The summed E-state index contributed by atoms with van der Waals surface area (Å²) in [6, 6.07) is 34.5. The van der Waals surface area contributed by atoms with Gasteiger partial charge in [-0.2, -0.15) is 0 Å². The molecule has 0 unspecified atom stereocenters. The summed E-state index contributed by atoms with van der Waals surface area (Å²) in [5, 5.41) is 11.5. The summed E-state index contributed by atoms with van der Waals surface area (Å²) >= 11 is 0.0690. The van der Waals surface area contributed by atoms with E-state index in [9.17, 15) is 0 Å². The van der Waals surface area contributed by atoms with Gasteiger partial charge in [0.15, 0.2) is 0 Å². The molecule has 7 rings (SSSR count). The van der Waals surface area contributed by atoms with E-state index in [1.54, 1.807) is 66.8 Å². The van der Waals surface area contributed by atoms with Crippen LogP contribution in [-0.2, 0) is 0 Å². The zero-order chi connectivity index (χ0) is 71.6. The molecule has 0 fully saturated rings. The molecular weight excluding hydrogens is 1270 g/mol. The molecule has 95 heavy (non-hydrogen) atoms. The molecule has 6 aromatic carbocycles. The molecule has 1 heterocycles. The Balaban J connectivity index is 2.34. The zero-order valence-electron chi connectivity index (χ0n) is 67.7. The first-order chi connectivity index (χ1) is 44.0. The number of hydrogen-bond donors (Lipinski definition) is 0. The van der Waals surface area contributed by atoms with Crippen molar-refractivity contribution in [3.05, 3.63) is 173 Å². The quantitative estimate of drug-likeness (QED) is 0.0530. The van der Waals surface area contributed by atoms with Crippen molar-refractivity contribution in [3.63, 3.8) is 0 Å². The van der Waals surface area contributed by atoms with Gasteiger partial charge in [0, 0.05) is 0 Å². The summed E-state index contributed by atoms with van der Waals surface area (Å²) in [7, 11) is -3.78. The first-order valence-corrected chi connectivity index (χ1v) is 53.5. The molecule has 0 saturated carbocycles. The van der Waals surface area contributed by atoms with Gasteiger partial charge in [-0.1, -0.05) is 0 Å². The van der Waals surface area contributed by atoms with Crippen molar-refractivity contribution in [3.8, 4) is 0 Å². The van der Waals surface area contributed by atoms with Crippen molar-refractivity contribution < 1.29 is 0 Å². The maximum atomic E-state index is 2.87. The van der Waals surface area contributed by atoms with Gasteiger partial charge >= 0.3 is 601 Å². The van der Waals surface area contributed by atoms with Crippen LogP contribution in [-0.4, -0.2) is 40.9 Å². The van der Waals surface area contributed by atoms with Crippen molar-refractivity contribution in [2.24, 2.45) is 0 Å². The normalized spacial score (nSPS) is 14.8. The van der Waals surface area contributed by atoms with E-state index >= 15 is 0 Å². The fraction of sp³-hybridized carbons (Fsp3) is 0.600. The number of hydrogen-bond acceptors (Lipinski definition) is 0. The predicted molar refractivity (Wildman–Crippen MR) is 439 cm³/mol. The van der Waals surface area contributed by atoms with Crippen LogP contribution >= 0.6 is 0 Å². The molecule has 0 bridgehead atoms. The van der Waals surface area contributed by atoms with Crippen LogP contribution in [0.5, 0.6) is 0 Å². The SMILES string of the molecule is CC(C)c1cc(C(C)C)c([Si]2=[Si](c3c(C(C)C)cc(C(C)C)cc3C(C)C)[Si](c3c(C(C)C)cc(C(C)C)cc3C(C)C)(c3c(C(C)C)cc(C(C)C)cc3C(C)C)[Se][Si]2(c2c(C(C)C)cc(C(C)C)cc2C(C)C)c2c(C(C)C)cc(C(C)C)cc2C(C)C)c(C(C)C)c1. The van der Waals surface area contributed by atoms with Crippen LogP contribution < -0.4 is 31.1 Å². The molecule has 0 N–H and O–H groups in total. The van der Waals surface area contributed by atoms with Crippen molar-refractivity contribution in [1.29, 1.82) is 0 Å². The Hall–Kier alpha value is -3.29. The second-order valence-corrected chi connectivity index (χ2v) is 73.4. The summed E-state index contributed by atoms with van der Waals surface area (Å²) in [5.74, 6) is 6.32. The molecule has 520 valence electrons. The Bertz CT molecular complexity index is 3180. The van der Waals surface area contributed by atoms with Gasteiger partial charge in [0.1, 0.15) is 0 Å². The van der Waals surface area contributed by atoms with Crippen molar-refractivity contribution in [1.82, 2.24) is 0 Å². The molecule has 6 aromatic rings. The standard InChI is InChI=1S/C90H138SeSi4/c1-49(2)67-37-73(55(13)14)85(74(38-67)56(15)16)92-93(86-75(57(17)18)39-68(50(3)4)40-76(86)58(19)20)95(89-81(63(29)30)45-71(53(9)10)46-82(89)64(31)32,90-83(65(33)34)47-72(54(11)12)48-84(90)66(35)36)91-94(92,87-77(59(21)22)41-69(51(5)6)42-78(87)60(23)24)88-79(61(25)26)43-70(52(7)8)44-80(88)62(27)28/h37-66H,1-36H3. The molecule has 5 heteroatoms. The Morgan fingerprint density at radius 2 is 0.295 bits per heavy atom. The molecule has 0 atom stereocenters. The Morgan fingerprint density at radius 3 is 0.400 bits per heavy atom. The third-order valence-corrected chi connectivity index (χ3v) is 100. The second-order valence-electron chi connectivity index (χ2n) is 35.4. The van der Waals surface area contributed by atoms with Gasteiger partial charge in [-0.05, 0) is 0 Å². The molecule has 0 aliphatic carbocycles. The summed E-state index contributed by atoms with van der Waals surface area (Å²) in [4.78, 5) is 0. The summed E-state index contributed by atoms with van der Waals surface area (Å²) in [6.45, 7) is 93.2. The van der Waals surface area contributed by atoms with Crippen LogP contribution in [0, 0.1) is 0 Å².